The number of halogens is 4. The van der Waals surface area contributed by atoms with Crippen molar-refractivity contribution in [1.82, 2.24) is 14.7 Å². The van der Waals surface area contributed by atoms with Gasteiger partial charge >= 0.3 is 6.18 Å². The number of phenols is 1. The van der Waals surface area contributed by atoms with E-state index in [0.717, 1.165) is 17.7 Å². The number of aromatic nitrogens is 2. The number of imidazole rings is 1. The Morgan fingerprint density at radius 1 is 1.14 bits per heavy atom. The number of anilines is 1. The zero-order chi connectivity index (χ0) is 26.0. The molecule has 0 bridgehead atoms. The van der Waals surface area contributed by atoms with Gasteiger partial charge in [0.25, 0.3) is 5.91 Å². The second-order valence-corrected chi connectivity index (χ2v) is 8.04. The Morgan fingerprint density at radius 2 is 1.92 bits per heavy atom. The van der Waals surface area contributed by atoms with E-state index in [-0.39, 0.29) is 23.1 Å². The summed E-state index contributed by atoms with van der Waals surface area (Å²) in [5.74, 6) is -1.38. The fourth-order valence-electron chi connectivity index (χ4n) is 3.70. The van der Waals surface area contributed by atoms with Crippen LogP contribution in [0.4, 0.5) is 23.2 Å². The summed E-state index contributed by atoms with van der Waals surface area (Å²) in [4.78, 5) is 16.4. The number of aromatic hydroxyl groups is 1. The van der Waals surface area contributed by atoms with Crippen molar-refractivity contribution < 1.29 is 32.2 Å². The van der Waals surface area contributed by atoms with Gasteiger partial charge < -0.3 is 20.5 Å². The van der Waals surface area contributed by atoms with Crippen LogP contribution in [0, 0.1) is 12.7 Å². The molecule has 4 aromatic rings. The molecule has 2 heterocycles. The zero-order valence-electron chi connectivity index (χ0n) is 19.3. The Bertz CT molecular complexity index is 1430. The van der Waals surface area contributed by atoms with Crippen molar-refractivity contribution in [2.24, 2.45) is 0 Å². The van der Waals surface area contributed by atoms with Crippen LogP contribution in [0.25, 0.3) is 16.9 Å². The van der Waals surface area contributed by atoms with E-state index >= 15 is 0 Å². The third kappa shape index (κ3) is 5.35. The molecule has 0 saturated heterocycles. The number of nitrogens with zero attached hydrogens (tertiary/aromatic N) is 2. The number of nitrogens with one attached hydrogen (secondary N) is 2. The molecule has 0 aliphatic rings. The van der Waals surface area contributed by atoms with Gasteiger partial charge in [-0.3, -0.25) is 9.20 Å². The van der Waals surface area contributed by atoms with Crippen LogP contribution in [0.1, 0.15) is 22.3 Å². The number of amides is 1. The zero-order valence-corrected chi connectivity index (χ0v) is 19.3. The van der Waals surface area contributed by atoms with Crippen LogP contribution in [-0.2, 0) is 0 Å². The number of pyridine rings is 1. The Kier molecular flexibility index (Phi) is 6.73. The standard InChI is InChI=1S/C25H22F4N4O3/c1-14-9-15(3-5-18(14)24(35)30-2)21-12-32-23-20(31-8-7-25(27,28)29)11-17(13-33(21)23)36-16-4-6-22(34)19(26)10-16/h3-6,9-13,31,34H,7-8H2,1-2H3,(H,30,35). The summed E-state index contributed by atoms with van der Waals surface area (Å²) in [5, 5.41) is 14.7. The highest BCUT2D eigenvalue weighted by Crippen LogP contribution is 2.33. The number of fused-ring (bicyclic) bond motifs is 1. The number of rotatable bonds is 7. The highest BCUT2D eigenvalue weighted by atomic mass is 19.4. The summed E-state index contributed by atoms with van der Waals surface area (Å²) >= 11 is 0. The van der Waals surface area contributed by atoms with Crippen molar-refractivity contribution >= 4 is 17.2 Å². The van der Waals surface area contributed by atoms with Crippen LogP contribution in [0.2, 0.25) is 0 Å². The van der Waals surface area contributed by atoms with E-state index in [4.69, 9.17) is 4.74 Å². The lowest BCUT2D eigenvalue weighted by Crippen LogP contribution is -2.18. The number of ether oxygens (including phenoxy) is 1. The van der Waals surface area contributed by atoms with Crippen LogP contribution in [0.3, 0.4) is 0 Å². The van der Waals surface area contributed by atoms with E-state index < -0.39 is 30.7 Å². The van der Waals surface area contributed by atoms with E-state index in [1.165, 1.54) is 19.2 Å². The molecule has 11 heteroatoms. The molecule has 2 aromatic carbocycles. The summed E-state index contributed by atoms with van der Waals surface area (Å²) in [6, 6.07) is 10.2. The number of alkyl halides is 3. The van der Waals surface area contributed by atoms with Gasteiger partial charge in [-0.05, 0) is 36.8 Å². The number of hydrogen-bond acceptors (Lipinski definition) is 5. The summed E-state index contributed by atoms with van der Waals surface area (Å²) in [6.07, 6.45) is -2.27. The third-order valence-corrected chi connectivity index (χ3v) is 5.45. The average molecular weight is 502 g/mol. The maximum Gasteiger partial charge on any atom is 0.390 e. The van der Waals surface area contributed by atoms with Crippen LogP contribution >= 0.6 is 0 Å². The van der Waals surface area contributed by atoms with Crippen molar-refractivity contribution in [3.8, 4) is 28.5 Å². The lowest BCUT2D eigenvalue weighted by atomic mass is 10.0. The second-order valence-electron chi connectivity index (χ2n) is 8.04. The van der Waals surface area contributed by atoms with E-state index in [2.05, 4.69) is 15.6 Å². The predicted molar refractivity (Wildman–Crippen MR) is 126 cm³/mol. The van der Waals surface area contributed by atoms with Crippen molar-refractivity contribution in [3.05, 3.63) is 71.8 Å². The molecule has 2 aromatic heterocycles. The van der Waals surface area contributed by atoms with E-state index in [0.29, 0.717) is 22.5 Å². The van der Waals surface area contributed by atoms with Crippen LogP contribution in [0.5, 0.6) is 17.2 Å². The topological polar surface area (TPSA) is 87.9 Å². The largest absolute Gasteiger partial charge is 0.505 e. The van der Waals surface area contributed by atoms with Gasteiger partial charge in [-0.25, -0.2) is 9.37 Å². The smallest absolute Gasteiger partial charge is 0.390 e. The van der Waals surface area contributed by atoms with Crippen LogP contribution in [-0.4, -0.2) is 40.2 Å². The monoisotopic (exact) mass is 502 g/mol. The first-order chi connectivity index (χ1) is 17.1. The average Bonchev–Trinajstić information content (AvgIpc) is 3.24. The van der Waals surface area contributed by atoms with Crippen molar-refractivity contribution in [3.63, 3.8) is 0 Å². The number of aryl methyl sites for hydroxylation is 1. The van der Waals surface area contributed by atoms with Crippen molar-refractivity contribution in [2.75, 3.05) is 18.9 Å². The Balaban J connectivity index is 1.77. The molecule has 4 rings (SSSR count). The first-order valence-corrected chi connectivity index (χ1v) is 10.9. The molecule has 0 spiro atoms. The quantitative estimate of drug-likeness (QED) is 0.284. The highest BCUT2D eigenvalue weighted by Gasteiger charge is 2.26. The Morgan fingerprint density at radius 3 is 2.58 bits per heavy atom. The molecular formula is C25H22F4N4O3. The van der Waals surface area contributed by atoms with Gasteiger partial charge in [0.15, 0.2) is 17.2 Å². The molecule has 0 unspecified atom stereocenters. The molecule has 36 heavy (non-hydrogen) atoms. The first kappa shape index (κ1) is 24.8. The molecule has 0 aliphatic carbocycles. The summed E-state index contributed by atoms with van der Waals surface area (Å²) in [6.45, 7) is 1.40. The number of benzene rings is 2. The minimum Gasteiger partial charge on any atom is -0.505 e. The van der Waals surface area contributed by atoms with Gasteiger partial charge in [-0.15, -0.1) is 0 Å². The molecule has 3 N–H and O–H groups in total. The Labute approximate surface area is 203 Å². The molecule has 188 valence electrons. The molecule has 0 saturated carbocycles. The minimum atomic E-state index is -4.34. The van der Waals surface area contributed by atoms with Crippen LogP contribution < -0.4 is 15.4 Å². The fourth-order valence-corrected chi connectivity index (χ4v) is 3.70. The predicted octanol–water partition coefficient (Wildman–Crippen LogP) is 5.67. The van der Waals surface area contributed by atoms with Gasteiger partial charge in [0.05, 0.1) is 30.2 Å². The molecule has 0 radical (unpaired) electrons. The van der Waals surface area contributed by atoms with Crippen molar-refractivity contribution in [1.29, 1.82) is 0 Å². The molecular weight excluding hydrogens is 480 g/mol. The van der Waals surface area contributed by atoms with E-state index in [1.807, 2.05) is 0 Å². The van der Waals surface area contributed by atoms with Gasteiger partial charge in [0.1, 0.15) is 11.5 Å². The fraction of sp³-hybridized carbons (Fsp3) is 0.200. The second kappa shape index (κ2) is 9.76. The molecule has 7 nitrogen and oxygen atoms in total. The van der Waals surface area contributed by atoms with E-state index in [1.54, 1.807) is 41.9 Å². The molecule has 0 aliphatic heterocycles. The summed E-state index contributed by atoms with van der Waals surface area (Å²) < 4.78 is 59.3. The number of hydrogen-bond donors (Lipinski definition) is 3. The van der Waals surface area contributed by atoms with Gasteiger partial charge in [-0.1, -0.05) is 6.07 Å². The molecule has 0 fully saturated rings. The number of carbonyl (C=O) groups is 1. The number of phenolic OH excluding ortho intramolecular Hbond substituents is 1. The Hall–Kier alpha value is -4.28. The normalized spacial score (nSPS) is 11.5. The van der Waals surface area contributed by atoms with Crippen molar-refractivity contribution in [2.45, 2.75) is 19.5 Å². The molecule has 1 amide bonds. The highest BCUT2D eigenvalue weighted by molar-refractivity contribution is 5.96. The van der Waals surface area contributed by atoms with Crippen LogP contribution in [0.15, 0.2) is 54.9 Å². The minimum absolute atomic E-state index is 0.0818. The van der Waals surface area contributed by atoms with Gasteiger partial charge in [0, 0.05) is 36.9 Å². The van der Waals surface area contributed by atoms with E-state index in [9.17, 15) is 27.5 Å². The third-order valence-electron chi connectivity index (χ3n) is 5.45. The van der Waals surface area contributed by atoms with Gasteiger partial charge in [-0.2, -0.15) is 13.2 Å². The summed E-state index contributed by atoms with van der Waals surface area (Å²) in [7, 11) is 1.54. The molecule has 0 atom stereocenters. The maximum absolute atomic E-state index is 13.8. The summed E-state index contributed by atoms with van der Waals surface area (Å²) in [5.41, 5.74) is 3.16. The lowest BCUT2D eigenvalue weighted by Gasteiger charge is -2.14. The lowest BCUT2D eigenvalue weighted by molar-refractivity contribution is -0.131. The van der Waals surface area contributed by atoms with Gasteiger partial charge in [0.2, 0.25) is 0 Å². The number of carbonyl (C=O) groups excluding carboxylic acids is 1. The SMILES string of the molecule is CNC(=O)c1ccc(-c2cnc3c(NCCC(F)(F)F)cc(Oc4ccc(O)c(F)c4)cn23)cc1C. The first-order valence-electron chi connectivity index (χ1n) is 10.9. The maximum atomic E-state index is 13.8.